The first-order valence-corrected chi connectivity index (χ1v) is 11.5. The number of piperidine rings is 1. The molecule has 35 heavy (non-hydrogen) atoms. The van der Waals surface area contributed by atoms with E-state index in [4.69, 9.17) is 16.3 Å². The number of hydrogen-bond acceptors (Lipinski definition) is 6. The summed E-state index contributed by atoms with van der Waals surface area (Å²) in [7, 11) is 0. The lowest BCUT2D eigenvalue weighted by Gasteiger charge is -2.31. The number of halogens is 1. The van der Waals surface area contributed by atoms with Gasteiger partial charge in [-0.3, -0.25) is 4.79 Å². The van der Waals surface area contributed by atoms with E-state index in [1.165, 1.54) is 11.2 Å². The molecule has 0 saturated carbocycles. The highest BCUT2D eigenvalue weighted by Crippen LogP contribution is 2.31. The van der Waals surface area contributed by atoms with Gasteiger partial charge in [0.1, 0.15) is 29.3 Å². The van der Waals surface area contributed by atoms with E-state index < -0.39 is 6.09 Å². The Morgan fingerprint density at radius 2 is 1.94 bits per heavy atom. The van der Waals surface area contributed by atoms with Crippen LogP contribution in [0.15, 0.2) is 61.1 Å². The number of benzene rings is 2. The zero-order chi connectivity index (χ0) is 24.4. The molecule has 178 valence electrons. The van der Waals surface area contributed by atoms with Crippen molar-refractivity contribution in [3.05, 3.63) is 77.2 Å². The maximum Gasteiger partial charge on any atom is 0.407 e. The zero-order valence-electron chi connectivity index (χ0n) is 18.6. The van der Waals surface area contributed by atoms with Crippen LogP contribution in [-0.4, -0.2) is 56.0 Å². The molecule has 9 nitrogen and oxygen atoms in total. The standard InChI is InChI=1S/C25H22ClN5O4/c26-20-11-17(35-16-6-2-1-3-7-16)8-9-18(20)22(32)19-12-27-23-21(19)24(29-14-28-23)30-15-5-4-10-31(13-15)25(33)34/h1-3,6-9,11-12,14-15H,4-5,10,13H2,(H,33,34)(H2,27,28,29,30)/t15-/m1/s1. The van der Waals surface area contributed by atoms with Gasteiger partial charge in [0.05, 0.1) is 16.0 Å². The molecule has 3 heterocycles. The Hall–Kier alpha value is -4.11. The third-order valence-electron chi connectivity index (χ3n) is 5.91. The minimum atomic E-state index is -0.948. The molecule has 2 aromatic heterocycles. The summed E-state index contributed by atoms with van der Waals surface area (Å²) in [6.07, 6.45) is 3.57. The summed E-state index contributed by atoms with van der Waals surface area (Å²) < 4.78 is 5.81. The summed E-state index contributed by atoms with van der Waals surface area (Å²) in [5.41, 5.74) is 1.18. The van der Waals surface area contributed by atoms with E-state index in [2.05, 4.69) is 20.3 Å². The van der Waals surface area contributed by atoms with Crippen LogP contribution in [0.1, 0.15) is 28.8 Å². The van der Waals surface area contributed by atoms with Gasteiger partial charge in [0.25, 0.3) is 0 Å². The van der Waals surface area contributed by atoms with Gasteiger partial charge in [-0.05, 0) is 37.1 Å². The number of likely N-dealkylation sites (tertiary alicyclic amines) is 1. The van der Waals surface area contributed by atoms with Crippen molar-refractivity contribution in [1.82, 2.24) is 19.9 Å². The number of ketones is 1. The normalized spacial score (nSPS) is 15.7. The molecule has 3 N–H and O–H groups in total. The Labute approximate surface area is 205 Å². The number of H-pyrrole nitrogens is 1. The van der Waals surface area contributed by atoms with Gasteiger partial charge < -0.3 is 25.0 Å². The van der Waals surface area contributed by atoms with Crippen molar-refractivity contribution in [2.75, 3.05) is 18.4 Å². The van der Waals surface area contributed by atoms with Gasteiger partial charge in [-0.2, -0.15) is 0 Å². The van der Waals surface area contributed by atoms with Crippen molar-refractivity contribution >= 4 is 40.3 Å². The number of aromatic nitrogens is 3. The van der Waals surface area contributed by atoms with E-state index in [1.807, 2.05) is 30.3 Å². The van der Waals surface area contributed by atoms with Gasteiger partial charge in [-0.15, -0.1) is 0 Å². The molecule has 1 amide bonds. The number of rotatable bonds is 6. The fraction of sp³-hybridized carbons (Fsp3) is 0.200. The first kappa shape index (κ1) is 22.7. The van der Waals surface area contributed by atoms with Gasteiger partial charge in [0.2, 0.25) is 0 Å². The number of ether oxygens (including phenoxy) is 1. The summed E-state index contributed by atoms with van der Waals surface area (Å²) in [4.78, 5) is 37.9. The van der Waals surface area contributed by atoms with Gasteiger partial charge in [-0.25, -0.2) is 14.8 Å². The van der Waals surface area contributed by atoms with Crippen LogP contribution in [0.3, 0.4) is 0 Å². The summed E-state index contributed by atoms with van der Waals surface area (Å²) in [6, 6.07) is 14.1. The molecule has 4 aromatic rings. The molecule has 2 aromatic carbocycles. The van der Waals surface area contributed by atoms with Crippen molar-refractivity contribution in [2.45, 2.75) is 18.9 Å². The number of nitrogens with one attached hydrogen (secondary N) is 2. The second kappa shape index (κ2) is 9.63. The predicted octanol–water partition coefficient (Wildman–Crippen LogP) is 5.19. The van der Waals surface area contributed by atoms with Gasteiger partial charge >= 0.3 is 6.09 Å². The Morgan fingerprint density at radius 3 is 2.71 bits per heavy atom. The summed E-state index contributed by atoms with van der Waals surface area (Å²) in [6.45, 7) is 0.840. The third kappa shape index (κ3) is 4.76. The van der Waals surface area contributed by atoms with Crippen LogP contribution >= 0.6 is 11.6 Å². The second-order valence-corrected chi connectivity index (χ2v) is 8.65. The maximum absolute atomic E-state index is 13.5. The molecule has 0 radical (unpaired) electrons. The van der Waals surface area contributed by atoms with Crippen molar-refractivity contribution in [2.24, 2.45) is 0 Å². The van der Waals surface area contributed by atoms with Gasteiger partial charge in [0, 0.05) is 37.0 Å². The monoisotopic (exact) mass is 491 g/mol. The highest BCUT2D eigenvalue weighted by Gasteiger charge is 2.26. The Morgan fingerprint density at radius 1 is 1.11 bits per heavy atom. The van der Waals surface area contributed by atoms with Gasteiger partial charge in [0.15, 0.2) is 5.78 Å². The van der Waals surface area contributed by atoms with Gasteiger partial charge in [-0.1, -0.05) is 29.8 Å². The zero-order valence-corrected chi connectivity index (χ0v) is 19.3. The minimum Gasteiger partial charge on any atom is -0.465 e. The number of fused-ring (bicyclic) bond motifs is 1. The smallest absolute Gasteiger partial charge is 0.407 e. The van der Waals surface area contributed by atoms with Crippen molar-refractivity contribution in [1.29, 1.82) is 0 Å². The largest absolute Gasteiger partial charge is 0.465 e. The number of carbonyl (C=O) groups excluding carboxylic acids is 1. The van der Waals surface area contributed by atoms with Crippen LogP contribution in [0, 0.1) is 0 Å². The Balaban J connectivity index is 1.42. The van der Waals surface area contributed by atoms with E-state index in [9.17, 15) is 14.7 Å². The van der Waals surface area contributed by atoms with Crippen LogP contribution in [-0.2, 0) is 0 Å². The number of aromatic amines is 1. The molecule has 0 unspecified atom stereocenters. The fourth-order valence-electron chi connectivity index (χ4n) is 4.23. The number of anilines is 1. The summed E-state index contributed by atoms with van der Waals surface area (Å²) in [5, 5.41) is 13.4. The predicted molar refractivity (Wildman–Crippen MR) is 132 cm³/mol. The van der Waals surface area contributed by atoms with Crippen molar-refractivity contribution < 1.29 is 19.4 Å². The number of carbonyl (C=O) groups is 2. The van der Waals surface area contributed by atoms with E-state index in [0.717, 1.165) is 12.8 Å². The highest BCUT2D eigenvalue weighted by molar-refractivity contribution is 6.35. The van der Waals surface area contributed by atoms with Crippen LogP contribution in [0.5, 0.6) is 11.5 Å². The van der Waals surface area contributed by atoms with Crippen LogP contribution in [0.25, 0.3) is 11.0 Å². The summed E-state index contributed by atoms with van der Waals surface area (Å²) in [5.74, 6) is 1.36. The number of nitrogens with zero attached hydrogens (tertiary/aromatic N) is 3. The maximum atomic E-state index is 13.5. The molecule has 10 heteroatoms. The average molecular weight is 492 g/mol. The topological polar surface area (TPSA) is 120 Å². The van der Waals surface area contributed by atoms with Crippen molar-refractivity contribution in [3.8, 4) is 11.5 Å². The number of carboxylic acid groups (broad SMARTS) is 1. The average Bonchev–Trinajstić information content (AvgIpc) is 3.30. The lowest BCUT2D eigenvalue weighted by molar-refractivity contribution is 0.104. The molecule has 1 saturated heterocycles. The molecule has 1 aliphatic rings. The lowest BCUT2D eigenvalue weighted by Crippen LogP contribution is -2.44. The molecule has 0 bridgehead atoms. The molecule has 1 aliphatic heterocycles. The fourth-order valence-corrected chi connectivity index (χ4v) is 4.48. The molecule has 0 spiro atoms. The number of amides is 1. The SMILES string of the molecule is O=C(c1ccc(Oc2ccccc2)cc1Cl)c1c[nH]c2ncnc(N[C@@H]3CCCN(C(=O)O)C3)c12. The first-order valence-electron chi connectivity index (χ1n) is 11.1. The number of para-hydroxylation sites is 1. The van der Waals surface area contributed by atoms with Crippen LogP contribution < -0.4 is 10.1 Å². The molecule has 1 atom stereocenters. The number of hydrogen-bond donors (Lipinski definition) is 3. The van der Waals surface area contributed by atoms with Crippen LogP contribution in [0.4, 0.5) is 10.6 Å². The third-order valence-corrected chi connectivity index (χ3v) is 6.22. The molecule has 1 fully saturated rings. The lowest BCUT2D eigenvalue weighted by atomic mass is 10.0. The van der Waals surface area contributed by atoms with E-state index in [-0.39, 0.29) is 16.8 Å². The first-order chi connectivity index (χ1) is 17.0. The highest BCUT2D eigenvalue weighted by atomic mass is 35.5. The minimum absolute atomic E-state index is 0.131. The van der Waals surface area contributed by atoms with E-state index >= 15 is 0 Å². The van der Waals surface area contributed by atoms with E-state index in [1.54, 1.807) is 24.4 Å². The summed E-state index contributed by atoms with van der Waals surface area (Å²) >= 11 is 6.48. The van der Waals surface area contributed by atoms with Crippen LogP contribution in [0.2, 0.25) is 5.02 Å². The Bertz CT molecular complexity index is 1390. The molecular formula is C25H22ClN5O4. The Kier molecular flexibility index (Phi) is 6.24. The quantitative estimate of drug-likeness (QED) is 0.317. The molecule has 0 aliphatic carbocycles. The molecule has 5 rings (SSSR count). The molecular weight excluding hydrogens is 470 g/mol. The van der Waals surface area contributed by atoms with Crippen molar-refractivity contribution in [3.63, 3.8) is 0 Å². The second-order valence-electron chi connectivity index (χ2n) is 8.25. The van der Waals surface area contributed by atoms with E-state index in [0.29, 0.717) is 52.6 Å².